The van der Waals surface area contributed by atoms with E-state index in [0.29, 0.717) is 0 Å². The molecule has 0 aromatic rings. The maximum atomic E-state index is 10.6. The van der Waals surface area contributed by atoms with Crippen LogP contribution in [0.5, 0.6) is 0 Å². The summed E-state index contributed by atoms with van der Waals surface area (Å²) in [4.78, 5) is 21.1. The molecule has 0 aromatic heterocycles. The van der Waals surface area contributed by atoms with Gasteiger partial charge in [-0.1, -0.05) is 0 Å². The van der Waals surface area contributed by atoms with Crippen LogP contribution in [0.4, 0.5) is 0 Å². The highest BCUT2D eigenvalue weighted by atomic mass is 32.3. The minimum Gasteiger partial charge on any atom is -0.479 e. The molecule has 0 aliphatic rings. The molecule has 0 spiro atoms. The van der Waals surface area contributed by atoms with E-state index >= 15 is 0 Å². The molecule has 0 heterocycles. The van der Waals surface area contributed by atoms with Crippen molar-refractivity contribution in [3.05, 3.63) is 0 Å². The Kier molecular flexibility index (Phi) is 7.10. The average molecular weight is 354 g/mol. The first-order chi connectivity index (χ1) is 9.32. The van der Waals surface area contributed by atoms with Gasteiger partial charge in [-0.3, -0.25) is 9.11 Å². The van der Waals surface area contributed by atoms with Crippen LogP contribution in [0.25, 0.3) is 0 Å². The van der Waals surface area contributed by atoms with Gasteiger partial charge >= 0.3 is 32.7 Å². The fourth-order valence-corrected chi connectivity index (χ4v) is 1.72. The third kappa shape index (κ3) is 10.1. The van der Waals surface area contributed by atoms with E-state index in [0.717, 1.165) is 0 Å². The van der Waals surface area contributed by atoms with Gasteiger partial charge in [0.05, 0.1) is 13.2 Å². The molecule has 0 bridgehead atoms. The highest BCUT2D eigenvalue weighted by molar-refractivity contribution is 7.81. The van der Waals surface area contributed by atoms with Crippen molar-refractivity contribution < 1.29 is 58.8 Å². The van der Waals surface area contributed by atoms with Gasteiger partial charge in [0, 0.05) is 0 Å². The number of ether oxygens (including phenoxy) is 1. The Bertz CT molecular complexity index is 522. The van der Waals surface area contributed by atoms with E-state index in [9.17, 15) is 26.4 Å². The topological polar surface area (TPSA) is 211 Å². The van der Waals surface area contributed by atoms with Gasteiger partial charge in [-0.05, 0) is 0 Å². The molecule has 4 N–H and O–H groups in total. The molecule has 0 aromatic carbocycles. The van der Waals surface area contributed by atoms with E-state index in [1.54, 1.807) is 0 Å². The van der Waals surface area contributed by atoms with Gasteiger partial charge in [0.1, 0.15) is 0 Å². The lowest BCUT2D eigenvalue weighted by atomic mass is 10.4. The zero-order valence-corrected chi connectivity index (χ0v) is 11.5. The lowest BCUT2D eigenvalue weighted by Gasteiger charge is -2.14. The predicted octanol–water partition coefficient (Wildman–Crippen LogP) is -2.45. The van der Waals surface area contributed by atoms with Crippen molar-refractivity contribution in [2.75, 3.05) is 13.2 Å². The molecular formula is C6H10O13S2. The summed E-state index contributed by atoms with van der Waals surface area (Å²) in [5.41, 5.74) is 0. The standard InChI is InChI=1S/C6H10O13S2/c7-5(8)3(18-20(11,12)13)1-17-2-4(6(9)10)19-21(14,15)16/h3-4H,1-2H2,(H,7,8)(H,9,10)(H,11,12,13)(H,14,15,16). The summed E-state index contributed by atoms with van der Waals surface area (Å²) in [5.74, 6) is -3.73. The number of rotatable bonds is 10. The Morgan fingerprint density at radius 2 is 1.10 bits per heavy atom. The predicted molar refractivity (Wildman–Crippen MR) is 58.9 cm³/mol. The van der Waals surface area contributed by atoms with E-state index in [-0.39, 0.29) is 0 Å². The van der Waals surface area contributed by atoms with Crippen LogP contribution in [0.15, 0.2) is 0 Å². The van der Waals surface area contributed by atoms with E-state index in [2.05, 4.69) is 13.1 Å². The maximum Gasteiger partial charge on any atom is 0.398 e. The highest BCUT2D eigenvalue weighted by Crippen LogP contribution is 2.03. The maximum absolute atomic E-state index is 10.6. The molecule has 2 atom stereocenters. The van der Waals surface area contributed by atoms with Crippen LogP contribution in [0.2, 0.25) is 0 Å². The molecule has 0 rings (SSSR count). The summed E-state index contributed by atoms with van der Waals surface area (Å²) in [6, 6.07) is 0. The van der Waals surface area contributed by atoms with E-state index in [1.807, 2.05) is 0 Å². The number of carboxylic acid groups (broad SMARTS) is 2. The number of aliphatic carboxylic acids is 2. The van der Waals surface area contributed by atoms with Crippen LogP contribution in [0.3, 0.4) is 0 Å². The summed E-state index contributed by atoms with van der Waals surface area (Å²) >= 11 is 0. The second-order valence-electron chi connectivity index (χ2n) is 3.24. The van der Waals surface area contributed by atoms with Crippen molar-refractivity contribution in [1.29, 1.82) is 0 Å². The van der Waals surface area contributed by atoms with Crippen LogP contribution in [0.1, 0.15) is 0 Å². The molecule has 0 amide bonds. The third-order valence-electron chi connectivity index (χ3n) is 1.56. The molecule has 21 heavy (non-hydrogen) atoms. The molecule has 0 saturated carbocycles. The van der Waals surface area contributed by atoms with Gasteiger partial charge in [-0.25, -0.2) is 18.0 Å². The molecule has 0 saturated heterocycles. The summed E-state index contributed by atoms with van der Waals surface area (Å²) < 4.78 is 69.7. The van der Waals surface area contributed by atoms with Crippen molar-refractivity contribution in [2.24, 2.45) is 0 Å². The van der Waals surface area contributed by atoms with Gasteiger partial charge < -0.3 is 14.9 Å². The van der Waals surface area contributed by atoms with Crippen molar-refractivity contribution in [1.82, 2.24) is 0 Å². The number of hydrogen-bond acceptors (Lipinski definition) is 9. The second kappa shape index (κ2) is 7.59. The Balaban J connectivity index is 4.60. The highest BCUT2D eigenvalue weighted by Gasteiger charge is 2.28. The summed E-state index contributed by atoms with van der Waals surface area (Å²) in [6.07, 6.45) is -4.42. The summed E-state index contributed by atoms with van der Waals surface area (Å²) in [5, 5.41) is 17.1. The smallest absolute Gasteiger partial charge is 0.398 e. The lowest BCUT2D eigenvalue weighted by Crippen LogP contribution is -2.36. The molecule has 0 aliphatic carbocycles. The second-order valence-corrected chi connectivity index (χ2v) is 5.33. The third-order valence-corrected chi connectivity index (χ3v) is 2.52. The fraction of sp³-hybridized carbons (Fsp3) is 0.667. The molecule has 124 valence electrons. The largest absolute Gasteiger partial charge is 0.479 e. The Labute approximate surface area is 117 Å². The quantitative estimate of drug-likeness (QED) is 0.300. The monoisotopic (exact) mass is 354 g/mol. The van der Waals surface area contributed by atoms with E-state index in [1.165, 1.54) is 0 Å². The average Bonchev–Trinajstić information content (AvgIpc) is 2.22. The normalized spacial score (nSPS) is 15.3. The van der Waals surface area contributed by atoms with Crippen molar-refractivity contribution in [2.45, 2.75) is 12.2 Å². The molecule has 0 radical (unpaired) electrons. The van der Waals surface area contributed by atoms with Crippen LogP contribution in [0, 0.1) is 0 Å². The van der Waals surface area contributed by atoms with E-state index < -0.39 is 58.2 Å². The zero-order chi connectivity index (χ0) is 16.8. The first-order valence-electron chi connectivity index (χ1n) is 4.66. The first kappa shape index (κ1) is 19.6. The van der Waals surface area contributed by atoms with Crippen LogP contribution >= 0.6 is 0 Å². The lowest BCUT2D eigenvalue weighted by molar-refractivity contribution is -0.152. The van der Waals surface area contributed by atoms with Gasteiger partial charge in [0.2, 0.25) is 0 Å². The Morgan fingerprint density at radius 3 is 1.29 bits per heavy atom. The van der Waals surface area contributed by atoms with Gasteiger partial charge in [-0.2, -0.15) is 16.8 Å². The van der Waals surface area contributed by atoms with Gasteiger partial charge in [0.25, 0.3) is 0 Å². The Morgan fingerprint density at radius 1 is 0.810 bits per heavy atom. The Hall–Kier alpha value is -1.36. The van der Waals surface area contributed by atoms with Crippen molar-refractivity contribution >= 4 is 32.7 Å². The zero-order valence-electron chi connectivity index (χ0n) is 9.85. The van der Waals surface area contributed by atoms with Crippen LogP contribution < -0.4 is 0 Å². The van der Waals surface area contributed by atoms with Crippen LogP contribution in [-0.2, 0) is 43.5 Å². The molecular weight excluding hydrogens is 344 g/mol. The first-order valence-corrected chi connectivity index (χ1v) is 7.39. The van der Waals surface area contributed by atoms with Crippen LogP contribution in [-0.4, -0.2) is 73.5 Å². The summed E-state index contributed by atoms with van der Waals surface area (Å²) in [7, 11) is -10.2. The number of carbonyl (C=O) groups is 2. The SMILES string of the molecule is O=C(O)C(COCC(OS(=O)(=O)O)C(=O)O)OS(=O)(=O)O. The van der Waals surface area contributed by atoms with Crippen molar-refractivity contribution in [3.63, 3.8) is 0 Å². The van der Waals surface area contributed by atoms with Gasteiger partial charge in [-0.15, -0.1) is 0 Å². The molecule has 0 fully saturated rings. The van der Waals surface area contributed by atoms with E-state index in [4.69, 9.17) is 19.3 Å². The molecule has 2 unspecified atom stereocenters. The minimum atomic E-state index is -5.11. The van der Waals surface area contributed by atoms with Crippen molar-refractivity contribution in [3.8, 4) is 0 Å². The fourth-order valence-electron chi connectivity index (χ4n) is 0.856. The number of carboxylic acids is 2. The number of hydrogen-bond donors (Lipinski definition) is 4. The molecule has 13 nitrogen and oxygen atoms in total. The summed E-state index contributed by atoms with van der Waals surface area (Å²) in [6.45, 7) is -2.12. The minimum absolute atomic E-state index is 1.06. The molecule has 0 aliphatic heterocycles. The van der Waals surface area contributed by atoms with Gasteiger partial charge in [0.15, 0.2) is 12.2 Å². The molecule has 15 heteroatoms.